The summed E-state index contributed by atoms with van der Waals surface area (Å²) in [6, 6.07) is 5.30. The Kier molecular flexibility index (Phi) is 4.03. The van der Waals surface area contributed by atoms with Crippen molar-refractivity contribution in [3.8, 4) is 0 Å². The van der Waals surface area contributed by atoms with Gasteiger partial charge in [-0.05, 0) is 59.2 Å². The summed E-state index contributed by atoms with van der Waals surface area (Å²) in [5.74, 6) is 0.538. The first kappa shape index (κ1) is 14.0. The molecule has 3 rings (SSSR count). The molecule has 0 radical (unpaired) electrons. The van der Waals surface area contributed by atoms with Crippen LogP contribution in [0.15, 0.2) is 22.7 Å². The van der Waals surface area contributed by atoms with Crippen molar-refractivity contribution in [3.05, 3.63) is 34.1 Å². The van der Waals surface area contributed by atoms with E-state index in [4.69, 9.17) is 4.74 Å². The highest BCUT2D eigenvalue weighted by atomic mass is 79.9. The van der Waals surface area contributed by atoms with E-state index >= 15 is 0 Å². The van der Waals surface area contributed by atoms with Gasteiger partial charge in [-0.3, -0.25) is 0 Å². The highest BCUT2D eigenvalue weighted by Crippen LogP contribution is 2.50. The second-order valence-electron chi connectivity index (χ2n) is 5.76. The van der Waals surface area contributed by atoms with Gasteiger partial charge in [0.2, 0.25) is 0 Å². The van der Waals surface area contributed by atoms with Gasteiger partial charge in [0.1, 0.15) is 5.82 Å². The van der Waals surface area contributed by atoms with Gasteiger partial charge in [-0.15, -0.1) is 0 Å². The van der Waals surface area contributed by atoms with Crippen molar-refractivity contribution in [2.75, 3.05) is 11.9 Å². The van der Waals surface area contributed by atoms with Gasteiger partial charge in [0.15, 0.2) is 0 Å². The summed E-state index contributed by atoms with van der Waals surface area (Å²) in [4.78, 5) is 0. The summed E-state index contributed by atoms with van der Waals surface area (Å²) in [7, 11) is 0. The monoisotopic (exact) mass is 390 g/mol. The molecule has 1 aliphatic carbocycles. The summed E-state index contributed by atoms with van der Waals surface area (Å²) in [5.41, 5.74) is 1.17. The van der Waals surface area contributed by atoms with Gasteiger partial charge in [0, 0.05) is 17.4 Å². The lowest BCUT2D eigenvalue weighted by atomic mass is 9.76. The topological polar surface area (TPSA) is 9.23 Å². The molecule has 0 aromatic heterocycles. The fourth-order valence-corrected chi connectivity index (χ4v) is 4.39. The molecule has 0 bridgehead atoms. The van der Waals surface area contributed by atoms with Crippen LogP contribution in [0.3, 0.4) is 0 Å². The van der Waals surface area contributed by atoms with Gasteiger partial charge in [-0.25, -0.2) is 4.39 Å². The second-order valence-corrected chi connectivity index (χ2v) is 7.12. The predicted molar refractivity (Wildman–Crippen MR) is 81.1 cm³/mol. The summed E-state index contributed by atoms with van der Waals surface area (Å²) in [5, 5.41) is 0.921. The summed E-state index contributed by atoms with van der Waals surface area (Å²) < 4.78 is 20.3. The smallest absolute Gasteiger partial charge is 0.137 e. The van der Waals surface area contributed by atoms with Crippen molar-refractivity contribution in [1.29, 1.82) is 0 Å². The van der Waals surface area contributed by atoms with Crippen LogP contribution in [0.2, 0.25) is 0 Å². The molecule has 4 heteroatoms. The normalized spacial score (nSPS) is 30.8. The third-order valence-electron chi connectivity index (χ3n) is 4.39. The number of benzene rings is 1. The standard InChI is InChI=1S/C15H17Br2FO/c16-9-15(6-7-19-14(15)10-4-5-10)8-11-2-1-3-12(18)13(11)17/h1-3,10,14H,4-9H2. The number of halogens is 3. The lowest BCUT2D eigenvalue weighted by molar-refractivity contribution is 0.0412. The van der Waals surface area contributed by atoms with Crippen LogP contribution < -0.4 is 0 Å². The van der Waals surface area contributed by atoms with Crippen molar-refractivity contribution in [2.45, 2.75) is 31.8 Å². The average molecular weight is 392 g/mol. The van der Waals surface area contributed by atoms with Crippen LogP contribution in [0.25, 0.3) is 0 Å². The van der Waals surface area contributed by atoms with Crippen molar-refractivity contribution >= 4 is 31.9 Å². The molecule has 2 aliphatic rings. The minimum absolute atomic E-state index is 0.122. The van der Waals surface area contributed by atoms with E-state index in [9.17, 15) is 4.39 Å². The fraction of sp³-hybridized carbons (Fsp3) is 0.600. The minimum atomic E-state index is -0.177. The first-order valence-electron chi connectivity index (χ1n) is 6.77. The third kappa shape index (κ3) is 2.64. The van der Waals surface area contributed by atoms with Crippen molar-refractivity contribution in [3.63, 3.8) is 0 Å². The van der Waals surface area contributed by atoms with Crippen LogP contribution in [0, 0.1) is 17.2 Å². The Morgan fingerprint density at radius 2 is 2.16 bits per heavy atom. The van der Waals surface area contributed by atoms with Gasteiger partial charge >= 0.3 is 0 Å². The van der Waals surface area contributed by atoms with E-state index in [1.54, 1.807) is 6.07 Å². The third-order valence-corrected chi connectivity index (χ3v) is 6.40. The maximum atomic E-state index is 13.7. The van der Waals surface area contributed by atoms with Crippen LogP contribution in [0.1, 0.15) is 24.8 Å². The molecule has 0 spiro atoms. The fourth-order valence-electron chi connectivity index (χ4n) is 3.19. The maximum Gasteiger partial charge on any atom is 0.137 e. The number of alkyl halides is 1. The highest BCUT2D eigenvalue weighted by molar-refractivity contribution is 9.10. The molecule has 2 atom stereocenters. The quantitative estimate of drug-likeness (QED) is 0.675. The second kappa shape index (κ2) is 5.45. The van der Waals surface area contributed by atoms with E-state index < -0.39 is 0 Å². The molecular weight excluding hydrogens is 375 g/mol. The van der Waals surface area contributed by atoms with E-state index in [0.29, 0.717) is 16.5 Å². The van der Waals surface area contributed by atoms with E-state index in [-0.39, 0.29) is 11.2 Å². The number of rotatable bonds is 4. The zero-order valence-corrected chi connectivity index (χ0v) is 13.8. The Hall–Kier alpha value is 0.0700. The average Bonchev–Trinajstić information content (AvgIpc) is 3.17. The molecule has 19 heavy (non-hydrogen) atoms. The van der Waals surface area contributed by atoms with E-state index in [0.717, 1.165) is 30.3 Å². The Bertz CT molecular complexity index is 475. The molecule has 1 aliphatic heterocycles. The van der Waals surface area contributed by atoms with Crippen LogP contribution in [-0.4, -0.2) is 18.0 Å². The molecule has 0 amide bonds. The molecule has 1 saturated carbocycles. The molecule has 1 aromatic carbocycles. The van der Waals surface area contributed by atoms with Gasteiger partial charge in [0.05, 0.1) is 10.6 Å². The van der Waals surface area contributed by atoms with E-state index in [1.165, 1.54) is 18.9 Å². The summed E-state index contributed by atoms with van der Waals surface area (Å²) >= 11 is 7.06. The molecule has 1 saturated heterocycles. The van der Waals surface area contributed by atoms with Gasteiger partial charge < -0.3 is 4.74 Å². The molecule has 1 heterocycles. The van der Waals surface area contributed by atoms with Crippen molar-refractivity contribution in [2.24, 2.45) is 11.3 Å². The maximum absolute atomic E-state index is 13.7. The molecule has 2 unspecified atom stereocenters. The first-order valence-corrected chi connectivity index (χ1v) is 8.68. The SMILES string of the molecule is Fc1cccc(CC2(CBr)CCOC2C2CC2)c1Br. The highest BCUT2D eigenvalue weighted by Gasteiger charge is 2.50. The Balaban J connectivity index is 1.88. The molecule has 0 N–H and O–H groups in total. The molecule has 104 valence electrons. The largest absolute Gasteiger partial charge is 0.377 e. The molecule has 1 nitrogen and oxygen atoms in total. The Morgan fingerprint density at radius 1 is 1.37 bits per heavy atom. The van der Waals surface area contributed by atoms with Crippen LogP contribution >= 0.6 is 31.9 Å². The number of ether oxygens (including phenoxy) is 1. The predicted octanol–water partition coefficient (Wildman–Crippen LogP) is 4.71. The van der Waals surface area contributed by atoms with Gasteiger partial charge in [-0.2, -0.15) is 0 Å². The zero-order chi connectivity index (χ0) is 13.5. The number of hydrogen-bond acceptors (Lipinski definition) is 1. The van der Waals surface area contributed by atoms with Gasteiger partial charge in [0.25, 0.3) is 0 Å². The summed E-state index contributed by atoms with van der Waals surface area (Å²) in [6.45, 7) is 0.833. The van der Waals surface area contributed by atoms with Crippen molar-refractivity contribution in [1.82, 2.24) is 0 Å². The number of hydrogen-bond donors (Lipinski definition) is 0. The van der Waals surface area contributed by atoms with Gasteiger partial charge in [-0.1, -0.05) is 28.1 Å². The first-order chi connectivity index (χ1) is 9.16. The molecule has 1 aromatic rings. The van der Waals surface area contributed by atoms with E-state index in [1.807, 2.05) is 6.07 Å². The Labute approximate surface area is 130 Å². The lowest BCUT2D eigenvalue weighted by Gasteiger charge is -2.33. The molecule has 2 fully saturated rings. The van der Waals surface area contributed by atoms with Crippen LogP contribution in [-0.2, 0) is 11.2 Å². The van der Waals surface area contributed by atoms with Crippen molar-refractivity contribution < 1.29 is 9.13 Å². The van der Waals surface area contributed by atoms with Crippen LogP contribution in [0.5, 0.6) is 0 Å². The minimum Gasteiger partial charge on any atom is -0.377 e. The lowest BCUT2D eigenvalue weighted by Crippen LogP contribution is -2.36. The van der Waals surface area contributed by atoms with Crippen LogP contribution in [0.4, 0.5) is 4.39 Å². The summed E-state index contributed by atoms with van der Waals surface area (Å²) in [6.07, 6.45) is 4.83. The Morgan fingerprint density at radius 3 is 2.84 bits per heavy atom. The van der Waals surface area contributed by atoms with E-state index in [2.05, 4.69) is 31.9 Å². The zero-order valence-electron chi connectivity index (χ0n) is 10.7. The molecular formula is C15H17Br2FO.